The van der Waals surface area contributed by atoms with E-state index in [1.807, 2.05) is 13.0 Å². The highest BCUT2D eigenvalue weighted by atomic mass is 79.9. The van der Waals surface area contributed by atoms with E-state index in [1.165, 1.54) is 0 Å². The minimum atomic E-state index is -4.48. The van der Waals surface area contributed by atoms with Gasteiger partial charge in [0.1, 0.15) is 18.5 Å². The fourth-order valence-electron chi connectivity index (χ4n) is 2.69. The van der Waals surface area contributed by atoms with Crippen LogP contribution in [0.5, 0.6) is 5.75 Å². The maximum atomic E-state index is 12.5. The number of hydrogen-bond acceptors (Lipinski definition) is 4. The highest BCUT2D eigenvalue weighted by Crippen LogP contribution is 2.40. The highest BCUT2D eigenvalue weighted by Gasteiger charge is 2.39. The molecule has 0 spiro atoms. The van der Waals surface area contributed by atoms with Gasteiger partial charge in [0.15, 0.2) is 11.3 Å². The van der Waals surface area contributed by atoms with Crippen LogP contribution in [0.4, 0.5) is 13.2 Å². The monoisotopic (exact) mass is 424 g/mol. The number of carbonyl (C=O) groups excluding carboxylic acids is 1. The SMILES string of the molecule is CCCCc1cc(Br)c2c(c1OC=S)C(=O)C(OCC(F)(F)F)C2. The number of hydrogen-bond donors (Lipinski definition) is 0. The lowest BCUT2D eigenvalue weighted by atomic mass is 10.00. The summed E-state index contributed by atoms with van der Waals surface area (Å²) in [6.45, 7) is 0.579. The number of thiocarbonyl (C=S) groups is 1. The Kier molecular flexibility index (Phi) is 6.39. The zero-order valence-electron chi connectivity index (χ0n) is 12.9. The molecule has 24 heavy (non-hydrogen) atoms. The molecule has 1 aliphatic carbocycles. The number of rotatable bonds is 7. The molecular formula is C16H16BrF3O3S. The van der Waals surface area contributed by atoms with Gasteiger partial charge in [-0.05, 0) is 42.3 Å². The summed E-state index contributed by atoms with van der Waals surface area (Å²) < 4.78 is 47.9. The molecule has 0 heterocycles. The minimum absolute atomic E-state index is 0.0761. The molecule has 3 nitrogen and oxygen atoms in total. The number of benzene rings is 1. The third-order valence-corrected chi connectivity index (χ3v) is 4.56. The second-order valence-corrected chi connectivity index (χ2v) is 6.55. The minimum Gasteiger partial charge on any atom is -0.453 e. The van der Waals surface area contributed by atoms with Crippen molar-refractivity contribution in [3.05, 3.63) is 27.2 Å². The Morgan fingerprint density at radius 3 is 2.75 bits per heavy atom. The number of Topliss-reactive ketones (excluding diaryl/α,β-unsaturated/α-hetero) is 1. The predicted octanol–water partition coefficient (Wildman–Crippen LogP) is 4.81. The fourth-order valence-corrected chi connectivity index (χ4v) is 3.42. The van der Waals surface area contributed by atoms with Gasteiger partial charge in [0.25, 0.3) is 0 Å². The van der Waals surface area contributed by atoms with Crippen LogP contribution in [0.15, 0.2) is 10.5 Å². The molecule has 0 fully saturated rings. The van der Waals surface area contributed by atoms with E-state index in [1.54, 1.807) is 0 Å². The van der Waals surface area contributed by atoms with Crippen molar-refractivity contribution in [1.82, 2.24) is 0 Å². The smallest absolute Gasteiger partial charge is 0.411 e. The molecule has 8 heteroatoms. The summed E-state index contributed by atoms with van der Waals surface area (Å²) in [5, 5.41) is 0. The lowest BCUT2D eigenvalue weighted by Crippen LogP contribution is -2.27. The second-order valence-electron chi connectivity index (χ2n) is 5.50. The van der Waals surface area contributed by atoms with Crippen LogP contribution in [-0.2, 0) is 17.6 Å². The molecule has 0 bridgehead atoms. The largest absolute Gasteiger partial charge is 0.453 e. The predicted molar refractivity (Wildman–Crippen MR) is 90.9 cm³/mol. The topological polar surface area (TPSA) is 35.5 Å². The summed E-state index contributed by atoms with van der Waals surface area (Å²) in [4.78, 5) is 12.5. The molecule has 1 atom stereocenters. The van der Waals surface area contributed by atoms with Gasteiger partial charge in [0.2, 0.25) is 0 Å². The van der Waals surface area contributed by atoms with E-state index in [0.717, 1.165) is 24.0 Å². The molecule has 2 rings (SSSR count). The number of halogens is 4. The third-order valence-electron chi connectivity index (χ3n) is 3.75. The van der Waals surface area contributed by atoms with E-state index >= 15 is 0 Å². The Balaban J connectivity index is 2.36. The summed E-state index contributed by atoms with van der Waals surface area (Å²) in [6, 6.07) is 1.84. The van der Waals surface area contributed by atoms with Gasteiger partial charge in [0.05, 0.1) is 5.56 Å². The van der Waals surface area contributed by atoms with Crippen LogP contribution in [-0.4, -0.2) is 30.2 Å². The summed E-state index contributed by atoms with van der Waals surface area (Å²) in [7, 11) is 0. The number of alkyl halides is 3. The number of fused-ring (bicyclic) bond motifs is 1. The van der Waals surface area contributed by atoms with Gasteiger partial charge >= 0.3 is 6.18 Å². The van der Waals surface area contributed by atoms with Gasteiger partial charge in [-0.1, -0.05) is 29.3 Å². The van der Waals surface area contributed by atoms with Crippen LogP contribution in [0.3, 0.4) is 0 Å². The van der Waals surface area contributed by atoms with Crippen LogP contribution in [0.2, 0.25) is 0 Å². The number of ether oxygens (including phenoxy) is 2. The van der Waals surface area contributed by atoms with Crippen molar-refractivity contribution in [3.63, 3.8) is 0 Å². The van der Waals surface area contributed by atoms with E-state index in [9.17, 15) is 18.0 Å². The standard InChI is InChI=1S/C16H16BrF3O3S/c1-2-3-4-9-5-11(17)10-6-12(22-7-16(18,19)20)14(21)13(10)15(9)23-8-24/h5,8,12H,2-4,6-7H2,1H3. The molecule has 0 radical (unpaired) electrons. The Morgan fingerprint density at radius 1 is 1.46 bits per heavy atom. The molecule has 0 aromatic heterocycles. The molecule has 1 unspecified atom stereocenters. The van der Waals surface area contributed by atoms with Gasteiger partial charge in [-0.2, -0.15) is 13.2 Å². The molecule has 0 saturated carbocycles. The highest BCUT2D eigenvalue weighted by molar-refractivity contribution is 9.10. The first-order chi connectivity index (χ1) is 11.3. The Morgan fingerprint density at radius 2 is 2.17 bits per heavy atom. The number of ketones is 1. The van der Waals surface area contributed by atoms with E-state index in [-0.39, 0.29) is 12.0 Å². The molecule has 1 aromatic rings. The van der Waals surface area contributed by atoms with Crippen molar-refractivity contribution in [1.29, 1.82) is 0 Å². The van der Waals surface area contributed by atoms with E-state index in [2.05, 4.69) is 15.9 Å². The molecule has 0 saturated heterocycles. The molecular weight excluding hydrogens is 409 g/mol. The molecule has 0 aliphatic heterocycles. The van der Waals surface area contributed by atoms with Crippen LogP contribution in [0.25, 0.3) is 0 Å². The molecule has 1 aliphatic rings. The quantitative estimate of drug-likeness (QED) is 0.588. The molecule has 132 valence electrons. The number of unbranched alkanes of at least 4 members (excludes halogenated alkanes) is 1. The summed E-state index contributed by atoms with van der Waals surface area (Å²) >= 11 is 8.13. The van der Waals surface area contributed by atoms with Gasteiger partial charge in [0, 0.05) is 10.9 Å². The van der Waals surface area contributed by atoms with Crippen LogP contribution < -0.4 is 4.74 Å². The fraction of sp³-hybridized carbons (Fsp3) is 0.500. The van der Waals surface area contributed by atoms with Crippen LogP contribution in [0.1, 0.15) is 41.3 Å². The maximum absolute atomic E-state index is 12.5. The molecule has 0 N–H and O–H groups in total. The number of carbonyl (C=O) groups is 1. The van der Waals surface area contributed by atoms with Crippen molar-refractivity contribution in [2.24, 2.45) is 0 Å². The first-order valence-corrected chi connectivity index (χ1v) is 8.72. The Labute approximate surface area is 151 Å². The maximum Gasteiger partial charge on any atom is 0.411 e. The van der Waals surface area contributed by atoms with Crippen molar-refractivity contribution in [2.75, 3.05) is 6.61 Å². The molecule has 0 amide bonds. The van der Waals surface area contributed by atoms with E-state index in [4.69, 9.17) is 21.7 Å². The summed E-state index contributed by atoms with van der Waals surface area (Å²) in [5.41, 5.74) is 2.72. The third kappa shape index (κ3) is 4.34. The zero-order valence-corrected chi connectivity index (χ0v) is 15.3. The first-order valence-electron chi connectivity index (χ1n) is 7.45. The van der Waals surface area contributed by atoms with Gasteiger partial charge in [-0.3, -0.25) is 4.79 Å². The lowest BCUT2D eigenvalue weighted by molar-refractivity contribution is -0.179. The van der Waals surface area contributed by atoms with Crippen molar-refractivity contribution < 1.29 is 27.4 Å². The lowest BCUT2D eigenvalue weighted by Gasteiger charge is -2.14. The Hall–Kier alpha value is -0.990. The van der Waals surface area contributed by atoms with E-state index in [0.29, 0.717) is 22.2 Å². The van der Waals surface area contributed by atoms with Gasteiger partial charge in [-0.15, -0.1) is 0 Å². The summed E-state index contributed by atoms with van der Waals surface area (Å²) in [5.74, 6) is -0.167. The average molecular weight is 425 g/mol. The van der Waals surface area contributed by atoms with Crippen molar-refractivity contribution in [2.45, 2.75) is 44.9 Å². The first kappa shape index (κ1) is 19.3. The van der Waals surface area contributed by atoms with Gasteiger partial charge < -0.3 is 9.47 Å². The second kappa shape index (κ2) is 7.93. The summed E-state index contributed by atoms with van der Waals surface area (Å²) in [6.07, 6.45) is -3.04. The Bertz CT molecular complexity index is 646. The normalized spacial score (nSPS) is 17.0. The number of aryl methyl sites for hydroxylation is 1. The zero-order chi connectivity index (χ0) is 17.9. The van der Waals surface area contributed by atoms with Gasteiger partial charge in [-0.25, -0.2) is 0 Å². The molecule has 1 aromatic carbocycles. The van der Waals surface area contributed by atoms with Crippen LogP contribution >= 0.6 is 28.1 Å². The van der Waals surface area contributed by atoms with Crippen molar-refractivity contribution in [3.8, 4) is 5.75 Å². The average Bonchev–Trinajstić information content (AvgIpc) is 2.83. The van der Waals surface area contributed by atoms with Crippen molar-refractivity contribution >= 4 is 39.5 Å². The van der Waals surface area contributed by atoms with E-state index < -0.39 is 24.7 Å². The van der Waals surface area contributed by atoms with Crippen LogP contribution in [0, 0.1) is 0 Å².